The molecule has 3 aromatic rings. The van der Waals surface area contributed by atoms with Crippen molar-refractivity contribution in [2.24, 2.45) is 0 Å². The van der Waals surface area contributed by atoms with E-state index >= 15 is 0 Å². The molecule has 2 aromatic carbocycles. The fourth-order valence-corrected chi connectivity index (χ4v) is 7.20. The van der Waals surface area contributed by atoms with Gasteiger partial charge in [-0.15, -0.1) is 0 Å². The summed E-state index contributed by atoms with van der Waals surface area (Å²) in [4.78, 5) is 30.6. The molecule has 1 fully saturated rings. The summed E-state index contributed by atoms with van der Waals surface area (Å²) < 4.78 is 102. The molecule has 0 bridgehead atoms. The van der Waals surface area contributed by atoms with Crippen molar-refractivity contribution < 1.29 is 44.7 Å². The number of halogens is 5. The quantitative estimate of drug-likeness (QED) is 0.326. The zero-order valence-corrected chi connectivity index (χ0v) is 27.1. The Hall–Kier alpha value is -4.13. The molecule has 2 aliphatic heterocycles. The number of hydrogen-bond donors (Lipinski definition) is 2. The Morgan fingerprint density at radius 1 is 1.06 bits per heavy atom. The molecule has 0 radical (unpaired) electrons. The van der Waals surface area contributed by atoms with Crippen molar-refractivity contribution in [1.29, 1.82) is 0 Å². The van der Waals surface area contributed by atoms with E-state index in [4.69, 9.17) is 4.74 Å². The molecular weight excluding hydrogens is 665 g/mol. The number of likely N-dealkylation sites (N-methyl/N-ethyl adjacent to an activating group) is 1. The number of rotatable bonds is 9. The van der Waals surface area contributed by atoms with Crippen molar-refractivity contribution in [2.75, 3.05) is 68.6 Å². The first-order chi connectivity index (χ1) is 22.6. The molecule has 0 spiro atoms. The number of aromatic amines is 1. The molecule has 0 unspecified atom stereocenters. The van der Waals surface area contributed by atoms with Crippen molar-refractivity contribution in [3.8, 4) is 0 Å². The van der Waals surface area contributed by atoms with Gasteiger partial charge < -0.3 is 19.9 Å². The van der Waals surface area contributed by atoms with Gasteiger partial charge in [-0.2, -0.15) is 22.6 Å². The number of aromatic nitrogens is 2. The van der Waals surface area contributed by atoms with Gasteiger partial charge in [0.25, 0.3) is 5.91 Å². The van der Waals surface area contributed by atoms with E-state index in [1.165, 1.54) is 26.2 Å². The van der Waals surface area contributed by atoms with Crippen LogP contribution in [0.1, 0.15) is 28.5 Å². The first-order valence-corrected chi connectivity index (χ1v) is 16.3. The van der Waals surface area contributed by atoms with Crippen LogP contribution in [0.15, 0.2) is 41.3 Å². The Labute approximate surface area is 273 Å². The third kappa shape index (κ3) is 7.30. The normalized spacial score (nSPS) is 16.8. The van der Waals surface area contributed by atoms with Crippen LogP contribution in [0.4, 0.5) is 39.1 Å². The molecule has 2 aliphatic rings. The largest absolute Gasteiger partial charge is 0.471 e. The zero-order valence-electron chi connectivity index (χ0n) is 26.3. The van der Waals surface area contributed by atoms with E-state index in [9.17, 15) is 40.0 Å². The number of carbonyl (C=O) groups is 2. The van der Waals surface area contributed by atoms with E-state index in [2.05, 4.69) is 20.4 Å². The predicted octanol–water partition coefficient (Wildman–Crippen LogP) is 3.37. The molecule has 0 saturated carbocycles. The number of benzene rings is 2. The monoisotopic (exact) mass is 699 g/mol. The first-order valence-electron chi connectivity index (χ1n) is 14.9. The van der Waals surface area contributed by atoms with Gasteiger partial charge >= 0.3 is 12.1 Å². The summed E-state index contributed by atoms with van der Waals surface area (Å²) in [5, 5.41) is 9.38. The van der Waals surface area contributed by atoms with Gasteiger partial charge in [0.1, 0.15) is 11.6 Å². The summed E-state index contributed by atoms with van der Waals surface area (Å²) in [5.41, 5.74) is 0.654. The maximum atomic E-state index is 14.0. The number of amides is 2. The van der Waals surface area contributed by atoms with Crippen LogP contribution in [0.2, 0.25) is 0 Å². The fourth-order valence-electron chi connectivity index (χ4n) is 5.75. The molecule has 18 heteroatoms. The number of nitrogens with zero attached hydrogens (tertiary/aromatic N) is 5. The smallest absolute Gasteiger partial charge is 0.383 e. The van der Waals surface area contributed by atoms with Gasteiger partial charge in [0.15, 0.2) is 5.82 Å². The highest BCUT2D eigenvalue weighted by atomic mass is 32.2. The number of fused-ring (bicyclic) bond motifs is 1. The van der Waals surface area contributed by atoms with Crippen LogP contribution in [0.3, 0.4) is 0 Å². The predicted molar refractivity (Wildman–Crippen MR) is 165 cm³/mol. The van der Waals surface area contributed by atoms with E-state index in [0.717, 1.165) is 4.31 Å². The Kier molecular flexibility index (Phi) is 10.1. The number of sulfonamides is 1. The van der Waals surface area contributed by atoms with Crippen LogP contribution in [-0.4, -0.2) is 105 Å². The van der Waals surface area contributed by atoms with Crippen LogP contribution in [0.25, 0.3) is 0 Å². The fraction of sp³-hybridized carbons (Fsp3) is 0.433. The summed E-state index contributed by atoms with van der Waals surface area (Å²) in [7, 11) is -1.16. The molecule has 48 heavy (non-hydrogen) atoms. The Bertz CT molecular complexity index is 1770. The molecule has 2 N–H and O–H groups in total. The SMILES string of the molecule is COC[C@@H](C)N(C(=O)C(F)(F)F)c1cc(N2CCN(C)CC2)ccc1C(=O)Nc1n[nH]c2c1CN(S(=O)(=O)c1cc(F)cc(F)c1)CC2. The van der Waals surface area contributed by atoms with Crippen molar-refractivity contribution in [1.82, 2.24) is 19.4 Å². The number of hydrogen-bond acceptors (Lipinski definition) is 8. The number of piperazine rings is 1. The summed E-state index contributed by atoms with van der Waals surface area (Å²) in [6.45, 7) is 3.19. The standard InChI is InChI=1S/C30H34F5N7O5S/c1-18(17-47-3)42(29(44)30(33,34)35)26-15-21(40-10-8-39(2)9-11-40)4-5-23(26)28(43)36-27-24-16-41(7-6-25(24)37-38-27)48(45,46)22-13-19(31)12-20(32)14-22/h4-5,12-15,18H,6-11,16-17H2,1-3H3,(H2,36,37,38,43)/t18-/m1/s1. The van der Waals surface area contributed by atoms with Gasteiger partial charge in [0, 0.05) is 75.8 Å². The highest BCUT2D eigenvalue weighted by molar-refractivity contribution is 7.89. The maximum Gasteiger partial charge on any atom is 0.471 e. The Morgan fingerprint density at radius 2 is 1.73 bits per heavy atom. The van der Waals surface area contributed by atoms with Crippen molar-refractivity contribution in [3.05, 3.63) is 64.9 Å². The lowest BCUT2D eigenvalue weighted by molar-refractivity contribution is -0.171. The van der Waals surface area contributed by atoms with Crippen LogP contribution in [0.5, 0.6) is 0 Å². The minimum absolute atomic E-state index is 0.0626. The van der Waals surface area contributed by atoms with Gasteiger partial charge in [0.05, 0.1) is 28.8 Å². The summed E-state index contributed by atoms with van der Waals surface area (Å²) in [5.74, 6) is -5.36. The van der Waals surface area contributed by atoms with Gasteiger partial charge in [-0.25, -0.2) is 17.2 Å². The van der Waals surface area contributed by atoms with Crippen LogP contribution in [-0.2, 0) is 32.5 Å². The molecule has 3 heterocycles. The number of ether oxygens (including phenoxy) is 1. The number of carbonyl (C=O) groups excluding carboxylic acids is 2. The lowest BCUT2D eigenvalue weighted by Crippen LogP contribution is -2.49. The maximum absolute atomic E-state index is 14.0. The number of methoxy groups -OCH3 is 1. The Morgan fingerprint density at radius 3 is 2.35 bits per heavy atom. The minimum atomic E-state index is -5.28. The van der Waals surface area contributed by atoms with Crippen molar-refractivity contribution in [3.63, 3.8) is 0 Å². The van der Waals surface area contributed by atoms with E-state index < -0.39 is 50.6 Å². The lowest BCUT2D eigenvalue weighted by atomic mass is 10.1. The number of alkyl halides is 3. The molecule has 0 aliphatic carbocycles. The summed E-state index contributed by atoms with van der Waals surface area (Å²) in [6, 6.07) is 5.06. The second-order valence-corrected chi connectivity index (χ2v) is 13.6. The van der Waals surface area contributed by atoms with E-state index in [1.54, 1.807) is 6.07 Å². The molecule has 5 rings (SSSR count). The third-order valence-electron chi connectivity index (χ3n) is 8.27. The van der Waals surface area contributed by atoms with Gasteiger partial charge in [-0.05, 0) is 44.3 Å². The molecule has 1 atom stereocenters. The van der Waals surface area contributed by atoms with E-state index in [1.807, 2.05) is 11.9 Å². The van der Waals surface area contributed by atoms with Crippen molar-refractivity contribution >= 4 is 39.0 Å². The second kappa shape index (κ2) is 13.8. The minimum Gasteiger partial charge on any atom is -0.383 e. The highest BCUT2D eigenvalue weighted by Crippen LogP contribution is 2.34. The van der Waals surface area contributed by atoms with E-state index in [0.29, 0.717) is 60.7 Å². The van der Waals surface area contributed by atoms with Gasteiger partial charge in [0.2, 0.25) is 10.0 Å². The van der Waals surface area contributed by atoms with Gasteiger partial charge in [-0.1, -0.05) is 0 Å². The average Bonchev–Trinajstić information content (AvgIpc) is 3.42. The average molecular weight is 700 g/mol. The molecule has 260 valence electrons. The molecule has 2 amide bonds. The number of anilines is 3. The van der Waals surface area contributed by atoms with Gasteiger partial charge in [-0.3, -0.25) is 19.6 Å². The molecular formula is C30H34F5N7O5S. The van der Waals surface area contributed by atoms with Crippen LogP contribution >= 0.6 is 0 Å². The molecule has 1 saturated heterocycles. The molecule has 12 nitrogen and oxygen atoms in total. The highest BCUT2D eigenvalue weighted by Gasteiger charge is 2.45. The van der Waals surface area contributed by atoms with Crippen LogP contribution < -0.4 is 15.1 Å². The lowest BCUT2D eigenvalue weighted by Gasteiger charge is -2.36. The summed E-state index contributed by atoms with van der Waals surface area (Å²) in [6.07, 6.45) is -5.16. The first kappa shape index (κ1) is 35.2. The number of H-pyrrole nitrogens is 1. The van der Waals surface area contributed by atoms with Crippen LogP contribution in [0, 0.1) is 11.6 Å². The molecule has 1 aromatic heterocycles. The van der Waals surface area contributed by atoms with E-state index in [-0.39, 0.29) is 48.7 Å². The van der Waals surface area contributed by atoms with Crippen molar-refractivity contribution in [2.45, 2.75) is 37.0 Å². The number of nitrogens with one attached hydrogen (secondary N) is 2. The topological polar surface area (TPSA) is 131 Å². The third-order valence-corrected chi connectivity index (χ3v) is 10.1. The zero-order chi connectivity index (χ0) is 35.0. The second-order valence-electron chi connectivity index (χ2n) is 11.6. The summed E-state index contributed by atoms with van der Waals surface area (Å²) >= 11 is 0. The Balaban J connectivity index is 1.50.